The van der Waals surface area contributed by atoms with Crippen LogP contribution < -0.4 is 10.6 Å². The molecule has 2 N–H and O–H groups in total. The van der Waals surface area contributed by atoms with Gasteiger partial charge in [0.05, 0.1) is 6.10 Å². The number of carbonyl (C=O) groups excluding carboxylic acids is 2. The Morgan fingerprint density at radius 1 is 1.18 bits per heavy atom. The monoisotopic (exact) mass is 314 g/mol. The van der Waals surface area contributed by atoms with E-state index in [0.717, 1.165) is 12.3 Å². The van der Waals surface area contributed by atoms with E-state index in [1.807, 2.05) is 20.8 Å². The van der Waals surface area contributed by atoms with Crippen LogP contribution in [-0.2, 0) is 14.3 Å². The molecule has 2 amide bonds. The number of nitrogens with one attached hydrogen (secondary N) is 2. The summed E-state index contributed by atoms with van der Waals surface area (Å²) in [6, 6.07) is -0.621. The largest absolute Gasteiger partial charge is 0.376 e. The highest BCUT2D eigenvalue weighted by molar-refractivity contribution is 5.87. The zero-order chi connectivity index (χ0) is 17.0. The molecule has 0 aromatic heterocycles. The molecule has 0 aliphatic heterocycles. The van der Waals surface area contributed by atoms with Gasteiger partial charge in [0.15, 0.2) is 0 Å². The van der Waals surface area contributed by atoms with Gasteiger partial charge in [-0.3, -0.25) is 9.59 Å². The van der Waals surface area contributed by atoms with E-state index in [0.29, 0.717) is 6.61 Å². The Kier molecular flexibility index (Phi) is 11.8. The molecule has 2 atom stereocenters. The van der Waals surface area contributed by atoms with Gasteiger partial charge >= 0.3 is 0 Å². The van der Waals surface area contributed by atoms with Crippen molar-refractivity contribution in [3.8, 4) is 0 Å². The van der Waals surface area contributed by atoms with Crippen LogP contribution >= 0.6 is 0 Å². The average Bonchev–Trinajstić information content (AvgIpc) is 2.54. The van der Waals surface area contributed by atoms with E-state index < -0.39 is 6.04 Å². The van der Waals surface area contributed by atoms with E-state index >= 15 is 0 Å². The summed E-state index contributed by atoms with van der Waals surface area (Å²) < 4.78 is 5.76. The number of rotatable bonds is 7. The molecule has 5 nitrogen and oxygen atoms in total. The zero-order valence-corrected chi connectivity index (χ0v) is 14.9. The van der Waals surface area contributed by atoms with Crippen molar-refractivity contribution in [2.75, 3.05) is 13.7 Å². The topological polar surface area (TPSA) is 67.4 Å². The Morgan fingerprint density at radius 2 is 1.77 bits per heavy atom. The van der Waals surface area contributed by atoms with Crippen LogP contribution in [0.4, 0.5) is 0 Å². The minimum atomic E-state index is -0.621. The highest BCUT2D eigenvalue weighted by atomic mass is 16.5. The highest BCUT2D eigenvalue weighted by Gasteiger charge is 2.26. The third-order valence-electron chi connectivity index (χ3n) is 3.99. The minimum Gasteiger partial charge on any atom is -0.376 e. The first kappa shape index (κ1) is 20.9. The van der Waals surface area contributed by atoms with Crippen LogP contribution in [-0.4, -0.2) is 37.6 Å². The molecule has 5 heteroatoms. The van der Waals surface area contributed by atoms with E-state index in [9.17, 15) is 9.59 Å². The number of likely N-dealkylation sites (N-methyl/N-ethyl adjacent to an activating group) is 1. The third kappa shape index (κ3) is 8.37. The maximum Gasteiger partial charge on any atom is 0.245 e. The van der Waals surface area contributed by atoms with Crippen LogP contribution in [0.2, 0.25) is 0 Å². The van der Waals surface area contributed by atoms with Crippen molar-refractivity contribution in [1.29, 1.82) is 0 Å². The van der Waals surface area contributed by atoms with E-state index in [2.05, 4.69) is 10.6 Å². The number of hydrogen-bond acceptors (Lipinski definition) is 3. The second kappa shape index (κ2) is 12.4. The standard InChI is InChI=1S/C15H28N2O3.C2H6/c1-11(14(15(19)16-3)17-12(2)18)20-10-9-13-7-5-4-6-8-13;1-2/h11,13-14H,4-10H2,1-3H3,(H,16,19)(H,17,18);1-2H3. The number of ether oxygens (including phenoxy) is 1. The predicted molar refractivity (Wildman–Crippen MR) is 89.6 cm³/mol. The summed E-state index contributed by atoms with van der Waals surface area (Å²) in [5.41, 5.74) is 0. The molecule has 130 valence electrons. The van der Waals surface area contributed by atoms with Gasteiger partial charge in [-0.1, -0.05) is 46.0 Å². The van der Waals surface area contributed by atoms with Crippen molar-refractivity contribution in [1.82, 2.24) is 10.6 Å². The molecule has 1 rings (SSSR count). The lowest BCUT2D eigenvalue weighted by molar-refractivity contribution is -0.131. The van der Waals surface area contributed by atoms with E-state index in [1.165, 1.54) is 39.0 Å². The molecule has 22 heavy (non-hydrogen) atoms. The van der Waals surface area contributed by atoms with Crippen LogP contribution in [0.25, 0.3) is 0 Å². The Morgan fingerprint density at radius 3 is 2.27 bits per heavy atom. The Bertz CT molecular complexity index is 315. The van der Waals surface area contributed by atoms with Gasteiger partial charge in [0.2, 0.25) is 11.8 Å². The molecule has 1 fully saturated rings. The van der Waals surface area contributed by atoms with Crippen molar-refractivity contribution in [3.05, 3.63) is 0 Å². The van der Waals surface area contributed by atoms with Gasteiger partial charge in [-0.2, -0.15) is 0 Å². The SMILES string of the molecule is CC.CNC(=O)C(NC(C)=O)C(C)OCCC1CCCCC1. The molecular weight excluding hydrogens is 280 g/mol. The first-order valence-electron chi connectivity index (χ1n) is 8.65. The minimum absolute atomic E-state index is 0.217. The molecular formula is C17H34N2O3. The molecule has 0 spiro atoms. The van der Waals surface area contributed by atoms with Gasteiger partial charge < -0.3 is 15.4 Å². The Labute approximate surface area is 135 Å². The normalized spacial score (nSPS) is 17.7. The summed E-state index contributed by atoms with van der Waals surface area (Å²) in [4.78, 5) is 22.9. The fourth-order valence-electron chi connectivity index (χ4n) is 2.76. The van der Waals surface area contributed by atoms with Crippen molar-refractivity contribution < 1.29 is 14.3 Å². The summed E-state index contributed by atoms with van der Waals surface area (Å²) in [5, 5.41) is 5.20. The maximum absolute atomic E-state index is 11.7. The fraction of sp³-hybridized carbons (Fsp3) is 0.882. The van der Waals surface area contributed by atoms with Gasteiger partial charge in [0.25, 0.3) is 0 Å². The first-order valence-corrected chi connectivity index (χ1v) is 8.65. The average molecular weight is 314 g/mol. The lowest BCUT2D eigenvalue weighted by Crippen LogP contribution is -2.52. The molecule has 0 bridgehead atoms. The van der Waals surface area contributed by atoms with Gasteiger partial charge in [0.1, 0.15) is 6.04 Å². The van der Waals surface area contributed by atoms with Gasteiger partial charge in [-0.25, -0.2) is 0 Å². The lowest BCUT2D eigenvalue weighted by atomic mass is 9.87. The predicted octanol–water partition coefficient (Wildman–Crippen LogP) is 2.64. The number of hydrogen-bond donors (Lipinski definition) is 2. The van der Waals surface area contributed by atoms with Gasteiger partial charge in [-0.15, -0.1) is 0 Å². The molecule has 1 aliphatic carbocycles. The summed E-state index contributed by atoms with van der Waals surface area (Å²) in [7, 11) is 1.56. The lowest BCUT2D eigenvalue weighted by Gasteiger charge is -2.25. The van der Waals surface area contributed by atoms with Crippen molar-refractivity contribution in [3.63, 3.8) is 0 Å². The van der Waals surface area contributed by atoms with E-state index in [-0.39, 0.29) is 17.9 Å². The third-order valence-corrected chi connectivity index (χ3v) is 3.99. The van der Waals surface area contributed by atoms with Crippen LogP contribution in [0.15, 0.2) is 0 Å². The maximum atomic E-state index is 11.7. The Balaban J connectivity index is 0.00000211. The molecule has 0 heterocycles. The van der Waals surface area contributed by atoms with Crippen molar-refractivity contribution in [2.45, 2.75) is 78.4 Å². The molecule has 1 saturated carbocycles. The molecule has 0 radical (unpaired) electrons. The van der Waals surface area contributed by atoms with Crippen molar-refractivity contribution in [2.24, 2.45) is 5.92 Å². The Hall–Kier alpha value is -1.10. The van der Waals surface area contributed by atoms with Crippen molar-refractivity contribution >= 4 is 11.8 Å². The highest BCUT2D eigenvalue weighted by Crippen LogP contribution is 2.26. The summed E-state index contributed by atoms with van der Waals surface area (Å²) >= 11 is 0. The smallest absolute Gasteiger partial charge is 0.245 e. The van der Waals surface area contributed by atoms with Gasteiger partial charge in [0, 0.05) is 20.6 Å². The molecule has 1 aliphatic rings. The van der Waals surface area contributed by atoms with E-state index in [1.54, 1.807) is 7.05 Å². The quantitative estimate of drug-likeness (QED) is 0.759. The summed E-state index contributed by atoms with van der Waals surface area (Å²) in [6.07, 6.45) is 7.33. The zero-order valence-electron chi connectivity index (χ0n) is 14.9. The van der Waals surface area contributed by atoms with Crippen LogP contribution in [0.5, 0.6) is 0 Å². The van der Waals surface area contributed by atoms with Crippen LogP contribution in [0.3, 0.4) is 0 Å². The molecule has 2 unspecified atom stereocenters. The van der Waals surface area contributed by atoms with Crippen LogP contribution in [0, 0.1) is 5.92 Å². The molecule has 0 aromatic carbocycles. The first-order chi connectivity index (χ1) is 10.5. The fourth-order valence-corrected chi connectivity index (χ4v) is 2.76. The second-order valence-corrected chi connectivity index (χ2v) is 5.66. The second-order valence-electron chi connectivity index (χ2n) is 5.66. The van der Waals surface area contributed by atoms with E-state index in [4.69, 9.17) is 4.74 Å². The molecule has 0 aromatic rings. The van der Waals surface area contributed by atoms with Gasteiger partial charge in [-0.05, 0) is 19.3 Å². The summed E-state index contributed by atoms with van der Waals surface area (Å²) in [5.74, 6) is 0.321. The summed E-state index contributed by atoms with van der Waals surface area (Å²) in [6.45, 7) is 7.89. The number of amides is 2. The number of carbonyl (C=O) groups is 2. The van der Waals surface area contributed by atoms with Crippen LogP contribution in [0.1, 0.15) is 66.2 Å². The molecule has 0 saturated heterocycles.